The van der Waals surface area contributed by atoms with Crippen molar-refractivity contribution >= 4 is 17.3 Å². The first-order valence-electron chi connectivity index (χ1n) is 5.54. The van der Waals surface area contributed by atoms with Gasteiger partial charge in [-0.05, 0) is 30.7 Å². The molecule has 2 N–H and O–H groups in total. The van der Waals surface area contributed by atoms with Gasteiger partial charge in [-0.3, -0.25) is 0 Å². The Morgan fingerprint density at radius 2 is 1.95 bits per heavy atom. The van der Waals surface area contributed by atoms with Gasteiger partial charge in [0.2, 0.25) is 5.88 Å². The summed E-state index contributed by atoms with van der Waals surface area (Å²) < 4.78 is 42.8. The van der Waals surface area contributed by atoms with E-state index in [1.54, 1.807) is 18.2 Å². The second-order valence-corrected chi connectivity index (χ2v) is 4.56. The fraction of sp³-hybridized carbons (Fsp3) is 0.154. The molecule has 0 radical (unpaired) electrons. The first kappa shape index (κ1) is 14.5. The molecule has 0 spiro atoms. The number of nitrogens with zero attached hydrogens (tertiary/aromatic N) is 1. The molecule has 1 aromatic carbocycles. The molecular formula is C13H10ClF3N2O. The molecule has 0 saturated heterocycles. The fourth-order valence-corrected chi connectivity index (χ4v) is 1.73. The molecule has 106 valence electrons. The average Bonchev–Trinajstić information content (AvgIpc) is 2.33. The van der Waals surface area contributed by atoms with Crippen LogP contribution in [0, 0.1) is 6.92 Å². The van der Waals surface area contributed by atoms with Crippen LogP contribution < -0.4 is 10.5 Å². The lowest BCUT2D eigenvalue weighted by Crippen LogP contribution is -2.06. The number of hydrogen-bond acceptors (Lipinski definition) is 3. The molecule has 0 atom stereocenters. The van der Waals surface area contributed by atoms with E-state index < -0.39 is 11.7 Å². The van der Waals surface area contributed by atoms with Crippen molar-refractivity contribution in [3.63, 3.8) is 0 Å². The highest BCUT2D eigenvalue weighted by Gasteiger charge is 2.31. The monoisotopic (exact) mass is 302 g/mol. The lowest BCUT2D eigenvalue weighted by atomic mass is 10.2. The van der Waals surface area contributed by atoms with Gasteiger partial charge in [0, 0.05) is 6.20 Å². The molecule has 0 fully saturated rings. The van der Waals surface area contributed by atoms with Gasteiger partial charge in [-0.2, -0.15) is 13.2 Å². The Morgan fingerprint density at radius 1 is 1.25 bits per heavy atom. The lowest BCUT2D eigenvalue weighted by molar-refractivity contribution is -0.137. The molecule has 0 amide bonds. The van der Waals surface area contributed by atoms with Gasteiger partial charge in [0.25, 0.3) is 0 Å². The second kappa shape index (κ2) is 5.20. The standard InChI is InChI=1S/C13H10ClF3N2O/c1-7-2-3-11(10(18)4-7)20-12-9(14)5-8(6-19-12)13(15,16)17/h2-6H,18H2,1H3. The van der Waals surface area contributed by atoms with Crippen molar-refractivity contribution in [2.45, 2.75) is 13.1 Å². The van der Waals surface area contributed by atoms with Gasteiger partial charge in [-0.1, -0.05) is 17.7 Å². The minimum Gasteiger partial charge on any atom is -0.435 e. The predicted molar refractivity (Wildman–Crippen MR) is 69.9 cm³/mol. The Balaban J connectivity index is 2.30. The van der Waals surface area contributed by atoms with E-state index in [0.717, 1.165) is 11.6 Å². The van der Waals surface area contributed by atoms with Crippen molar-refractivity contribution in [1.82, 2.24) is 4.98 Å². The fourth-order valence-electron chi connectivity index (χ4n) is 1.52. The van der Waals surface area contributed by atoms with Crippen LogP contribution >= 0.6 is 11.6 Å². The average molecular weight is 303 g/mol. The van der Waals surface area contributed by atoms with Crippen LogP contribution in [0.2, 0.25) is 5.02 Å². The highest BCUT2D eigenvalue weighted by Crippen LogP contribution is 2.35. The van der Waals surface area contributed by atoms with Crippen LogP contribution in [0.15, 0.2) is 30.5 Å². The summed E-state index contributed by atoms with van der Waals surface area (Å²) in [4.78, 5) is 3.57. The van der Waals surface area contributed by atoms with Gasteiger partial charge < -0.3 is 10.5 Å². The first-order chi connectivity index (χ1) is 9.27. The van der Waals surface area contributed by atoms with Crippen LogP contribution in [-0.4, -0.2) is 4.98 Å². The molecule has 2 rings (SSSR count). The normalized spacial score (nSPS) is 11.4. The quantitative estimate of drug-likeness (QED) is 0.834. The van der Waals surface area contributed by atoms with Gasteiger partial charge in [0.05, 0.1) is 11.3 Å². The molecule has 0 aliphatic heterocycles. The molecule has 0 aliphatic carbocycles. The van der Waals surface area contributed by atoms with E-state index in [-0.39, 0.29) is 16.7 Å². The number of alkyl halides is 3. The van der Waals surface area contributed by atoms with E-state index in [0.29, 0.717) is 11.9 Å². The van der Waals surface area contributed by atoms with Crippen LogP contribution in [0.3, 0.4) is 0 Å². The van der Waals surface area contributed by atoms with Gasteiger partial charge >= 0.3 is 6.18 Å². The summed E-state index contributed by atoms with van der Waals surface area (Å²) in [5.74, 6) is 0.153. The highest BCUT2D eigenvalue weighted by atomic mass is 35.5. The smallest absolute Gasteiger partial charge is 0.417 e. The zero-order valence-electron chi connectivity index (χ0n) is 10.3. The molecule has 0 aliphatic rings. The third kappa shape index (κ3) is 3.14. The topological polar surface area (TPSA) is 48.1 Å². The molecule has 3 nitrogen and oxygen atoms in total. The number of aromatic nitrogens is 1. The van der Waals surface area contributed by atoms with Crippen molar-refractivity contribution < 1.29 is 17.9 Å². The summed E-state index contributed by atoms with van der Waals surface area (Å²) in [6.07, 6.45) is -3.84. The molecular weight excluding hydrogens is 293 g/mol. The third-order valence-electron chi connectivity index (χ3n) is 2.51. The number of halogens is 4. The van der Waals surface area contributed by atoms with E-state index in [4.69, 9.17) is 22.1 Å². The third-order valence-corrected chi connectivity index (χ3v) is 2.78. The van der Waals surface area contributed by atoms with Crippen LogP contribution in [0.5, 0.6) is 11.6 Å². The number of benzene rings is 1. The maximum Gasteiger partial charge on any atom is 0.417 e. The molecule has 1 aromatic heterocycles. The van der Waals surface area contributed by atoms with Crippen LogP contribution in [0.4, 0.5) is 18.9 Å². The van der Waals surface area contributed by atoms with E-state index in [9.17, 15) is 13.2 Å². The number of ether oxygens (including phenoxy) is 1. The van der Waals surface area contributed by atoms with Crippen molar-refractivity contribution in [2.75, 3.05) is 5.73 Å². The maximum absolute atomic E-state index is 12.5. The molecule has 0 unspecified atom stereocenters. The Morgan fingerprint density at radius 3 is 2.50 bits per heavy atom. The zero-order chi connectivity index (χ0) is 14.9. The Kier molecular flexibility index (Phi) is 3.76. The van der Waals surface area contributed by atoms with E-state index in [2.05, 4.69) is 4.98 Å². The predicted octanol–water partition coefficient (Wildman–Crippen LogP) is 4.44. The maximum atomic E-state index is 12.5. The number of nitrogen functional groups attached to an aromatic ring is 1. The number of pyridine rings is 1. The lowest BCUT2D eigenvalue weighted by Gasteiger charge is -2.11. The summed E-state index contributed by atoms with van der Waals surface area (Å²) >= 11 is 5.74. The number of aryl methyl sites for hydroxylation is 1. The van der Waals surface area contributed by atoms with Crippen molar-refractivity contribution in [2.24, 2.45) is 0 Å². The van der Waals surface area contributed by atoms with Crippen molar-refractivity contribution in [3.8, 4) is 11.6 Å². The minimum atomic E-state index is -4.50. The number of hydrogen-bond donors (Lipinski definition) is 1. The second-order valence-electron chi connectivity index (χ2n) is 4.15. The van der Waals surface area contributed by atoms with Crippen molar-refractivity contribution in [3.05, 3.63) is 46.6 Å². The van der Waals surface area contributed by atoms with Gasteiger partial charge in [-0.25, -0.2) is 4.98 Å². The Labute approximate surface area is 118 Å². The molecule has 7 heteroatoms. The van der Waals surface area contributed by atoms with Crippen LogP contribution in [0.1, 0.15) is 11.1 Å². The largest absolute Gasteiger partial charge is 0.435 e. The number of nitrogens with two attached hydrogens (primary N) is 1. The molecule has 0 saturated carbocycles. The number of rotatable bonds is 2. The van der Waals surface area contributed by atoms with E-state index in [1.807, 2.05) is 6.92 Å². The van der Waals surface area contributed by atoms with Gasteiger partial charge in [-0.15, -0.1) is 0 Å². The van der Waals surface area contributed by atoms with Gasteiger partial charge in [0.15, 0.2) is 5.75 Å². The minimum absolute atomic E-state index is 0.129. The summed E-state index contributed by atoms with van der Waals surface area (Å²) in [5, 5.41) is -0.236. The van der Waals surface area contributed by atoms with Gasteiger partial charge in [0.1, 0.15) is 5.02 Å². The summed E-state index contributed by atoms with van der Waals surface area (Å²) in [6.45, 7) is 1.85. The molecule has 20 heavy (non-hydrogen) atoms. The Bertz CT molecular complexity index is 644. The van der Waals surface area contributed by atoms with E-state index in [1.165, 1.54) is 0 Å². The summed E-state index contributed by atoms with van der Waals surface area (Å²) in [5.41, 5.74) is 6.09. The molecule has 2 aromatic rings. The zero-order valence-corrected chi connectivity index (χ0v) is 11.1. The summed E-state index contributed by atoms with van der Waals surface area (Å²) in [6, 6.07) is 5.78. The SMILES string of the molecule is Cc1ccc(Oc2ncc(C(F)(F)F)cc2Cl)c(N)c1. The van der Waals surface area contributed by atoms with Crippen molar-refractivity contribution in [1.29, 1.82) is 0 Å². The molecule has 0 bridgehead atoms. The van der Waals surface area contributed by atoms with E-state index >= 15 is 0 Å². The van der Waals surface area contributed by atoms with Crippen LogP contribution in [0.25, 0.3) is 0 Å². The summed E-state index contributed by atoms with van der Waals surface area (Å²) in [7, 11) is 0. The number of anilines is 1. The Hall–Kier alpha value is -1.95. The van der Waals surface area contributed by atoms with Crippen LogP contribution in [-0.2, 0) is 6.18 Å². The first-order valence-corrected chi connectivity index (χ1v) is 5.92. The highest BCUT2D eigenvalue weighted by molar-refractivity contribution is 6.31. The molecule has 1 heterocycles.